The molecule has 0 amide bonds. The Morgan fingerprint density at radius 1 is 1.56 bits per heavy atom. The SMILES string of the molecule is CCOCC(C)OCCc1nc(CCl)cs1. The zero-order valence-electron chi connectivity index (χ0n) is 9.74. The van der Waals surface area contributed by atoms with Gasteiger partial charge in [0.15, 0.2) is 0 Å². The highest BCUT2D eigenvalue weighted by atomic mass is 35.5. The van der Waals surface area contributed by atoms with Gasteiger partial charge < -0.3 is 9.47 Å². The second kappa shape index (κ2) is 8.01. The molecular formula is C11H18ClNO2S. The molecular weight excluding hydrogens is 246 g/mol. The first-order chi connectivity index (χ1) is 7.76. The van der Waals surface area contributed by atoms with E-state index in [9.17, 15) is 0 Å². The van der Waals surface area contributed by atoms with Gasteiger partial charge in [-0.25, -0.2) is 4.98 Å². The van der Waals surface area contributed by atoms with Crippen LogP contribution in [-0.2, 0) is 21.8 Å². The summed E-state index contributed by atoms with van der Waals surface area (Å²) in [6, 6.07) is 0. The van der Waals surface area contributed by atoms with E-state index >= 15 is 0 Å². The minimum Gasteiger partial charge on any atom is -0.379 e. The van der Waals surface area contributed by atoms with Crippen molar-refractivity contribution in [1.82, 2.24) is 4.98 Å². The van der Waals surface area contributed by atoms with E-state index in [0.29, 0.717) is 19.1 Å². The topological polar surface area (TPSA) is 31.4 Å². The standard InChI is InChI=1S/C11H18ClNO2S/c1-3-14-7-9(2)15-5-4-11-13-10(6-12)8-16-11/h8-9H,3-7H2,1-2H3. The maximum atomic E-state index is 5.68. The predicted molar refractivity (Wildman–Crippen MR) is 67.3 cm³/mol. The van der Waals surface area contributed by atoms with Crippen molar-refractivity contribution in [2.45, 2.75) is 32.3 Å². The lowest BCUT2D eigenvalue weighted by Gasteiger charge is -2.11. The number of nitrogens with zero attached hydrogens (tertiary/aromatic N) is 1. The predicted octanol–water partition coefficient (Wildman–Crippen LogP) is 2.87. The Kier molecular flexibility index (Phi) is 6.96. The number of ether oxygens (including phenoxy) is 2. The van der Waals surface area contributed by atoms with E-state index in [-0.39, 0.29) is 6.10 Å². The van der Waals surface area contributed by atoms with E-state index in [4.69, 9.17) is 21.1 Å². The summed E-state index contributed by atoms with van der Waals surface area (Å²) in [7, 11) is 0. The number of halogens is 1. The summed E-state index contributed by atoms with van der Waals surface area (Å²) in [6.07, 6.45) is 0.991. The van der Waals surface area contributed by atoms with Crippen LogP contribution in [0.3, 0.4) is 0 Å². The number of aromatic nitrogens is 1. The molecule has 0 aliphatic carbocycles. The molecule has 3 nitrogen and oxygen atoms in total. The van der Waals surface area contributed by atoms with Gasteiger partial charge in [-0.1, -0.05) is 0 Å². The van der Waals surface area contributed by atoms with E-state index in [0.717, 1.165) is 23.7 Å². The van der Waals surface area contributed by atoms with Gasteiger partial charge in [0.1, 0.15) is 0 Å². The molecule has 1 unspecified atom stereocenters. The molecule has 1 rings (SSSR count). The lowest BCUT2D eigenvalue weighted by atomic mass is 10.4. The molecule has 16 heavy (non-hydrogen) atoms. The van der Waals surface area contributed by atoms with Gasteiger partial charge in [0.05, 0.1) is 35.9 Å². The van der Waals surface area contributed by atoms with Crippen LogP contribution >= 0.6 is 22.9 Å². The van der Waals surface area contributed by atoms with Gasteiger partial charge in [-0.3, -0.25) is 0 Å². The molecule has 1 aromatic rings. The van der Waals surface area contributed by atoms with Crippen molar-refractivity contribution >= 4 is 22.9 Å². The summed E-state index contributed by atoms with van der Waals surface area (Å²) in [5, 5.41) is 3.07. The van der Waals surface area contributed by atoms with Crippen molar-refractivity contribution in [2.75, 3.05) is 19.8 Å². The number of rotatable bonds is 8. The minimum absolute atomic E-state index is 0.146. The summed E-state index contributed by atoms with van der Waals surface area (Å²) >= 11 is 7.32. The maximum Gasteiger partial charge on any atom is 0.0951 e. The van der Waals surface area contributed by atoms with Gasteiger partial charge in [-0.05, 0) is 13.8 Å². The van der Waals surface area contributed by atoms with E-state index in [2.05, 4.69) is 4.98 Å². The van der Waals surface area contributed by atoms with Crippen LogP contribution < -0.4 is 0 Å². The largest absolute Gasteiger partial charge is 0.379 e. The molecule has 1 heterocycles. The smallest absolute Gasteiger partial charge is 0.0951 e. The molecule has 0 fully saturated rings. The second-order valence-electron chi connectivity index (χ2n) is 3.46. The highest BCUT2D eigenvalue weighted by molar-refractivity contribution is 7.09. The Bertz CT molecular complexity index is 293. The van der Waals surface area contributed by atoms with Gasteiger partial charge in [-0.15, -0.1) is 22.9 Å². The molecule has 92 valence electrons. The Balaban J connectivity index is 2.14. The normalized spacial score (nSPS) is 12.9. The van der Waals surface area contributed by atoms with Gasteiger partial charge in [-0.2, -0.15) is 0 Å². The second-order valence-corrected chi connectivity index (χ2v) is 4.67. The quantitative estimate of drug-likeness (QED) is 0.676. The molecule has 0 N–H and O–H groups in total. The van der Waals surface area contributed by atoms with Crippen LogP contribution in [0, 0.1) is 0 Å². The Labute approximate surface area is 106 Å². The van der Waals surface area contributed by atoms with Crippen molar-refractivity contribution in [3.63, 3.8) is 0 Å². The van der Waals surface area contributed by atoms with Crippen LogP contribution in [-0.4, -0.2) is 30.9 Å². The lowest BCUT2D eigenvalue weighted by Crippen LogP contribution is -2.17. The van der Waals surface area contributed by atoms with Gasteiger partial charge in [0, 0.05) is 18.4 Å². The molecule has 0 bridgehead atoms. The Morgan fingerprint density at radius 3 is 3.00 bits per heavy atom. The van der Waals surface area contributed by atoms with Gasteiger partial charge in [0.2, 0.25) is 0 Å². The molecule has 0 saturated carbocycles. The first-order valence-electron chi connectivity index (χ1n) is 5.44. The summed E-state index contributed by atoms with van der Waals surface area (Å²) in [6.45, 7) is 6.07. The first-order valence-corrected chi connectivity index (χ1v) is 6.86. The van der Waals surface area contributed by atoms with Crippen molar-refractivity contribution < 1.29 is 9.47 Å². The number of hydrogen-bond acceptors (Lipinski definition) is 4. The van der Waals surface area contributed by atoms with Crippen molar-refractivity contribution in [3.05, 3.63) is 16.1 Å². The van der Waals surface area contributed by atoms with Crippen LogP contribution in [0.4, 0.5) is 0 Å². The average Bonchev–Trinajstić information content (AvgIpc) is 2.74. The van der Waals surface area contributed by atoms with E-state index in [1.165, 1.54) is 0 Å². The number of hydrogen-bond donors (Lipinski definition) is 0. The monoisotopic (exact) mass is 263 g/mol. The van der Waals surface area contributed by atoms with Crippen LogP contribution in [0.25, 0.3) is 0 Å². The van der Waals surface area contributed by atoms with Crippen LogP contribution in [0.2, 0.25) is 0 Å². The fourth-order valence-corrected chi connectivity index (χ4v) is 2.21. The summed E-state index contributed by atoms with van der Waals surface area (Å²) in [4.78, 5) is 4.36. The zero-order chi connectivity index (χ0) is 11.8. The highest BCUT2D eigenvalue weighted by Gasteiger charge is 2.04. The third-order valence-electron chi connectivity index (χ3n) is 2.01. The van der Waals surface area contributed by atoms with E-state index in [1.807, 2.05) is 19.2 Å². The molecule has 1 atom stereocenters. The molecule has 1 aromatic heterocycles. The lowest BCUT2D eigenvalue weighted by molar-refractivity contribution is -0.00204. The van der Waals surface area contributed by atoms with Gasteiger partial charge >= 0.3 is 0 Å². The van der Waals surface area contributed by atoms with Crippen LogP contribution in [0.1, 0.15) is 24.5 Å². The number of alkyl halides is 1. The minimum atomic E-state index is 0.146. The Hall–Kier alpha value is -0.160. The summed E-state index contributed by atoms with van der Waals surface area (Å²) < 4.78 is 10.9. The molecule has 0 radical (unpaired) electrons. The third kappa shape index (κ3) is 5.25. The van der Waals surface area contributed by atoms with Crippen LogP contribution in [0.5, 0.6) is 0 Å². The highest BCUT2D eigenvalue weighted by Crippen LogP contribution is 2.12. The van der Waals surface area contributed by atoms with Crippen LogP contribution in [0.15, 0.2) is 5.38 Å². The molecule has 0 aromatic carbocycles. The Morgan fingerprint density at radius 2 is 2.38 bits per heavy atom. The molecule has 0 aliphatic rings. The summed E-state index contributed by atoms with van der Waals surface area (Å²) in [5.74, 6) is 0.484. The third-order valence-corrected chi connectivity index (χ3v) is 3.24. The maximum absolute atomic E-state index is 5.68. The van der Waals surface area contributed by atoms with Crippen molar-refractivity contribution in [1.29, 1.82) is 0 Å². The summed E-state index contributed by atoms with van der Waals surface area (Å²) in [5.41, 5.74) is 0.948. The molecule has 0 saturated heterocycles. The zero-order valence-corrected chi connectivity index (χ0v) is 11.3. The fourth-order valence-electron chi connectivity index (χ4n) is 1.20. The van der Waals surface area contributed by atoms with Gasteiger partial charge in [0.25, 0.3) is 0 Å². The number of thiazole rings is 1. The average molecular weight is 264 g/mol. The fraction of sp³-hybridized carbons (Fsp3) is 0.727. The van der Waals surface area contributed by atoms with E-state index < -0.39 is 0 Å². The molecule has 5 heteroatoms. The first kappa shape index (κ1) is 13.9. The van der Waals surface area contributed by atoms with E-state index in [1.54, 1.807) is 11.3 Å². The molecule has 0 aliphatic heterocycles. The van der Waals surface area contributed by atoms with Crippen molar-refractivity contribution in [2.24, 2.45) is 0 Å². The van der Waals surface area contributed by atoms with Crippen molar-refractivity contribution in [3.8, 4) is 0 Å². The molecule has 0 spiro atoms.